The third-order valence-electron chi connectivity index (χ3n) is 5.10. The Morgan fingerprint density at radius 3 is 2.15 bits per heavy atom. The van der Waals surface area contributed by atoms with Gasteiger partial charge in [0.15, 0.2) is 5.71 Å². The molecule has 1 aliphatic heterocycles. The van der Waals surface area contributed by atoms with Gasteiger partial charge in [-0.1, -0.05) is 12.1 Å². The van der Waals surface area contributed by atoms with Crippen LogP contribution >= 0.6 is 0 Å². The molecule has 0 saturated carbocycles. The van der Waals surface area contributed by atoms with E-state index in [1.54, 1.807) is 31.2 Å². The largest absolute Gasteiger partial charge is 0.462 e. The molecule has 0 bridgehead atoms. The highest BCUT2D eigenvalue weighted by Gasteiger charge is 2.46. The molecule has 1 aliphatic rings. The number of hydrogen-bond acceptors (Lipinski definition) is 5. The lowest BCUT2D eigenvalue weighted by Gasteiger charge is -2.20. The number of esters is 1. The van der Waals surface area contributed by atoms with Crippen molar-refractivity contribution in [3.05, 3.63) is 65.2 Å². The molecule has 0 saturated heterocycles. The van der Waals surface area contributed by atoms with Crippen LogP contribution in [0.4, 0.5) is 24.5 Å². The molecule has 33 heavy (non-hydrogen) atoms. The smallest absolute Gasteiger partial charge is 0.435 e. The van der Waals surface area contributed by atoms with Crippen molar-refractivity contribution < 1.29 is 27.5 Å². The van der Waals surface area contributed by atoms with Crippen molar-refractivity contribution in [1.29, 1.82) is 0 Å². The quantitative estimate of drug-likeness (QED) is 0.429. The van der Waals surface area contributed by atoms with Crippen molar-refractivity contribution in [3.63, 3.8) is 0 Å². The first-order valence-corrected chi connectivity index (χ1v) is 10.5. The number of alkyl halides is 3. The van der Waals surface area contributed by atoms with Crippen LogP contribution in [-0.2, 0) is 9.53 Å². The van der Waals surface area contributed by atoms with Crippen LogP contribution in [0, 0.1) is 0 Å². The van der Waals surface area contributed by atoms with Crippen molar-refractivity contribution in [2.24, 2.45) is 5.10 Å². The van der Waals surface area contributed by atoms with Gasteiger partial charge in [-0.25, -0.2) is 4.79 Å². The van der Waals surface area contributed by atoms with Crippen LogP contribution in [0.25, 0.3) is 6.08 Å². The Morgan fingerprint density at radius 1 is 1.03 bits per heavy atom. The summed E-state index contributed by atoms with van der Waals surface area (Å²) in [5.41, 5.74) is -0.104. The first-order chi connectivity index (χ1) is 15.7. The minimum atomic E-state index is -4.82. The maximum Gasteiger partial charge on any atom is 0.435 e. The van der Waals surface area contributed by atoms with Crippen molar-refractivity contribution in [3.8, 4) is 0 Å². The van der Waals surface area contributed by atoms with Crippen molar-refractivity contribution in [1.82, 2.24) is 0 Å². The predicted octanol–water partition coefficient (Wildman–Crippen LogP) is 5.06. The molecule has 2 aromatic carbocycles. The van der Waals surface area contributed by atoms with Gasteiger partial charge >= 0.3 is 12.1 Å². The normalized spacial score (nSPS) is 15.1. The second-order valence-electron chi connectivity index (χ2n) is 7.15. The van der Waals surface area contributed by atoms with E-state index in [0.29, 0.717) is 10.6 Å². The van der Waals surface area contributed by atoms with Crippen LogP contribution in [0.15, 0.2) is 59.2 Å². The van der Waals surface area contributed by atoms with Gasteiger partial charge in [0.2, 0.25) is 0 Å². The molecular formula is C24H24F3N3O3. The van der Waals surface area contributed by atoms with E-state index < -0.39 is 29.3 Å². The Hall–Kier alpha value is -3.62. The number of rotatable bonds is 7. The summed E-state index contributed by atoms with van der Waals surface area (Å²) in [6, 6.07) is 12.4. The van der Waals surface area contributed by atoms with E-state index in [9.17, 15) is 22.8 Å². The number of carbonyl (C=O) groups is 2. The predicted molar refractivity (Wildman–Crippen MR) is 121 cm³/mol. The average molecular weight is 459 g/mol. The summed E-state index contributed by atoms with van der Waals surface area (Å²) in [7, 11) is 0. The van der Waals surface area contributed by atoms with Crippen LogP contribution in [-0.4, -0.2) is 43.5 Å². The number of amides is 1. The highest BCUT2D eigenvalue weighted by atomic mass is 19.4. The van der Waals surface area contributed by atoms with E-state index in [4.69, 9.17) is 4.74 Å². The minimum absolute atomic E-state index is 0.107. The Morgan fingerprint density at radius 2 is 1.64 bits per heavy atom. The second-order valence-corrected chi connectivity index (χ2v) is 7.15. The summed E-state index contributed by atoms with van der Waals surface area (Å²) < 4.78 is 45.9. The number of hydrogen-bond donors (Lipinski definition) is 0. The first-order valence-electron chi connectivity index (χ1n) is 10.5. The highest BCUT2D eigenvalue weighted by Crippen LogP contribution is 2.33. The van der Waals surface area contributed by atoms with E-state index in [-0.39, 0.29) is 17.9 Å². The number of carbonyl (C=O) groups excluding carboxylic acids is 2. The maximum absolute atomic E-state index is 13.7. The van der Waals surface area contributed by atoms with Gasteiger partial charge in [0.05, 0.1) is 23.4 Å². The van der Waals surface area contributed by atoms with E-state index in [0.717, 1.165) is 18.8 Å². The Labute approximate surface area is 189 Å². The third kappa shape index (κ3) is 5.24. The minimum Gasteiger partial charge on any atom is -0.462 e. The average Bonchev–Trinajstić information content (AvgIpc) is 3.12. The molecule has 0 radical (unpaired) electrons. The van der Waals surface area contributed by atoms with Gasteiger partial charge < -0.3 is 9.64 Å². The third-order valence-corrected chi connectivity index (χ3v) is 5.10. The number of ether oxygens (including phenoxy) is 1. The lowest BCUT2D eigenvalue weighted by Crippen LogP contribution is -2.25. The molecule has 2 aromatic rings. The fourth-order valence-electron chi connectivity index (χ4n) is 3.42. The zero-order valence-corrected chi connectivity index (χ0v) is 18.5. The summed E-state index contributed by atoms with van der Waals surface area (Å²) in [5.74, 6) is -1.47. The van der Waals surface area contributed by atoms with Crippen molar-refractivity contribution in [2.45, 2.75) is 26.9 Å². The molecule has 0 fully saturated rings. The van der Waals surface area contributed by atoms with Gasteiger partial charge in [-0.05, 0) is 68.8 Å². The van der Waals surface area contributed by atoms with E-state index in [1.165, 1.54) is 30.3 Å². The lowest BCUT2D eigenvalue weighted by atomic mass is 10.1. The first kappa shape index (κ1) is 24.0. The molecule has 0 spiro atoms. The summed E-state index contributed by atoms with van der Waals surface area (Å²) >= 11 is 0. The fraction of sp³-hybridized carbons (Fsp3) is 0.292. The zero-order valence-electron chi connectivity index (χ0n) is 18.5. The van der Waals surface area contributed by atoms with E-state index in [1.807, 2.05) is 13.8 Å². The topological polar surface area (TPSA) is 62.2 Å². The molecular weight excluding hydrogens is 435 g/mol. The number of benzene rings is 2. The molecule has 0 aromatic heterocycles. The number of hydrazone groups is 1. The van der Waals surface area contributed by atoms with Gasteiger partial charge in [0.1, 0.15) is 0 Å². The van der Waals surface area contributed by atoms with E-state index >= 15 is 0 Å². The SMILES string of the molecule is CCOC(=O)c1ccc(N2N=C(C(F)(F)F)C(=Cc3ccc(N(CC)CC)cc3)C2=O)cc1. The van der Waals surface area contributed by atoms with Gasteiger partial charge in [0.25, 0.3) is 5.91 Å². The summed E-state index contributed by atoms with van der Waals surface area (Å²) in [5, 5.41) is 4.24. The molecule has 6 nitrogen and oxygen atoms in total. The van der Waals surface area contributed by atoms with Crippen LogP contribution in [0.5, 0.6) is 0 Å². The lowest BCUT2D eigenvalue weighted by molar-refractivity contribution is -0.114. The molecule has 3 rings (SSSR count). The van der Waals surface area contributed by atoms with E-state index in [2.05, 4.69) is 10.0 Å². The number of nitrogens with zero attached hydrogens (tertiary/aromatic N) is 3. The molecule has 9 heteroatoms. The van der Waals surface area contributed by atoms with Gasteiger partial charge in [-0.2, -0.15) is 23.3 Å². The standard InChI is InChI=1S/C24H24F3N3O3/c1-4-29(5-2)18-11-7-16(8-12-18)15-20-21(24(25,26)27)28-30(22(20)31)19-13-9-17(10-14-19)23(32)33-6-3/h7-15H,4-6H2,1-3H3. The van der Waals surface area contributed by atoms with Gasteiger partial charge in [-0.15, -0.1) is 0 Å². The number of anilines is 2. The maximum atomic E-state index is 13.7. The molecule has 0 atom stereocenters. The molecule has 0 N–H and O–H groups in total. The van der Waals surface area contributed by atoms with Crippen LogP contribution in [0.3, 0.4) is 0 Å². The molecule has 174 valence electrons. The fourth-order valence-corrected chi connectivity index (χ4v) is 3.42. The second kappa shape index (κ2) is 9.89. The van der Waals surface area contributed by atoms with Crippen molar-refractivity contribution >= 4 is 35.0 Å². The summed E-state index contributed by atoms with van der Waals surface area (Å²) in [6.45, 7) is 7.46. The van der Waals surface area contributed by atoms with Crippen LogP contribution in [0.2, 0.25) is 0 Å². The molecule has 1 heterocycles. The van der Waals surface area contributed by atoms with Crippen LogP contribution in [0.1, 0.15) is 36.7 Å². The summed E-state index contributed by atoms with van der Waals surface area (Å²) in [6.07, 6.45) is -3.63. The monoisotopic (exact) mass is 459 g/mol. The van der Waals surface area contributed by atoms with Crippen molar-refractivity contribution in [2.75, 3.05) is 29.6 Å². The summed E-state index contributed by atoms with van der Waals surface area (Å²) in [4.78, 5) is 26.8. The Balaban J connectivity index is 1.93. The molecule has 0 aliphatic carbocycles. The molecule has 1 amide bonds. The number of halogens is 3. The highest BCUT2D eigenvalue weighted by molar-refractivity contribution is 6.34. The Kier molecular flexibility index (Phi) is 7.20. The zero-order chi connectivity index (χ0) is 24.2. The molecule has 0 unspecified atom stereocenters. The van der Waals surface area contributed by atoms with Gasteiger partial charge in [0, 0.05) is 18.8 Å². The van der Waals surface area contributed by atoms with Crippen LogP contribution < -0.4 is 9.91 Å². The Bertz CT molecular complexity index is 1070. The van der Waals surface area contributed by atoms with Gasteiger partial charge in [-0.3, -0.25) is 4.79 Å².